The van der Waals surface area contributed by atoms with Gasteiger partial charge in [0.15, 0.2) is 6.10 Å². The molecule has 1 N–H and O–H groups in total. The van der Waals surface area contributed by atoms with E-state index in [-0.39, 0.29) is 25.3 Å². The van der Waals surface area contributed by atoms with E-state index in [0.717, 1.165) is 12.1 Å². The van der Waals surface area contributed by atoms with E-state index in [0.29, 0.717) is 0 Å². The van der Waals surface area contributed by atoms with Crippen molar-refractivity contribution in [3.8, 4) is 5.75 Å². The fraction of sp³-hybridized carbons (Fsp3) is 0.385. The van der Waals surface area contributed by atoms with Crippen LogP contribution in [0.4, 0.5) is 4.39 Å². The molecular weight excluding hydrogens is 269 g/mol. The molecule has 0 bridgehead atoms. The molecule has 0 spiro atoms. The van der Waals surface area contributed by atoms with Gasteiger partial charge in [-0.3, -0.25) is 4.79 Å². The Balaban J connectivity index is 2.14. The molecule has 7 heteroatoms. The van der Waals surface area contributed by atoms with Crippen LogP contribution >= 0.6 is 0 Å². The van der Waals surface area contributed by atoms with Crippen LogP contribution in [0.2, 0.25) is 0 Å². The number of nitrogens with zero attached hydrogens (tertiary/aromatic N) is 1. The highest BCUT2D eigenvalue weighted by molar-refractivity contribution is 5.97. The number of morpholine rings is 1. The maximum Gasteiger partial charge on any atom is 0.336 e. The van der Waals surface area contributed by atoms with Crippen molar-refractivity contribution >= 4 is 11.9 Å². The van der Waals surface area contributed by atoms with Crippen molar-refractivity contribution in [2.75, 3.05) is 26.8 Å². The Morgan fingerprint density at radius 1 is 1.50 bits per heavy atom. The van der Waals surface area contributed by atoms with Crippen molar-refractivity contribution in [1.82, 2.24) is 4.90 Å². The minimum atomic E-state index is -0.847. The van der Waals surface area contributed by atoms with Crippen molar-refractivity contribution in [2.45, 2.75) is 6.10 Å². The van der Waals surface area contributed by atoms with Crippen molar-refractivity contribution in [3.63, 3.8) is 0 Å². The third-order valence-electron chi connectivity index (χ3n) is 3.01. The van der Waals surface area contributed by atoms with Crippen LogP contribution in [-0.4, -0.2) is 54.8 Å². The van der Waals surface area contributed by atoms with Gasteiger partial charge in [0.1, 0.15) is 11.6 Å². The van der Waals surface area contributed by atoms with Crippen LogP contribution in [0.1, 0.15) is 10.4 Å². The number of amides is 1. The Hall–Kier alpha value is -2.15. The van der Waals surface area contributed by atoms with Crippen LogP contribution in [0.15, 0.2) is 18.2 Å². The number of methoxy groups -OCH3 is 1. The highest BCUT2D eigenvalue weighted by Crippen LogP contribution is 2.21. The summed E-state index contributed by atoms with van der Waals surface area (Å²) in [6.07, 6.45) is -0.847. The van der Waals surface area contributed by atoms with Crippen LogP contribution in [0.3, 0.4) is 0 Å². The van der Waals surface area contributed by atoms with Gasteiger partial charge in [0.2, 0.25) is 0 Å². The van der Waals surface area contributed by atoms with Gasteiger partial charge in [0.25, 0.3) is 5.91 Å². The van der Waals surface area contributed by atoms with Crippen LogP contribution in [0, 0.1) is 5.82 Å². The van der Waals surface area contributed by atoms with Gasteiger partial charge in [-0.25, -0.2) is 9.18 Å². The fourth-order valence-corrected chi connectivity index (χ4v) is 1.96. The number of carbonyl (C=O) groups excluding carboxylic acids is 2. The molecule has 1 aromatic carbocycles. The lowest BCUT2D eigenvalue weighted by molar-refractivity contribution is -0.158. The minimum absolute atomic E-state index is 0.0167. The Morgan fingerprint density at radius 3 is 2.90 bits per heavy atom. The van der Waals surface area contributed by atoms with Crippen molar-refractivity contribution < 1.29 is 28.6 Å². The largest absolute Gasteiger partial charge is 0.507 e. The molecule has 1 atom stereocenters. The molecule has 0 aromatic heterocycles. The van der Waals surface area contributed by atoms with E-state index in [2.05, 4.69) is 4.74 Å². The normalized spacial score (nSPS) is 18.7. The maximum atomic E-state index is 12.9. The predicted octanol–water partition coefficient (Wildman–Crippen LogP) is 0.545. The number of phenols is 1. The zero-order valence-corrected chi connectivity index (χ0v) is 10.8. The molecule has 108 valence electrons. The maximum absolute atomic E-state index is 12.9. The van der Waals surface area contributed by atoms with Crippen LogP contribution in [-0.2, 0) is 14.3 Å². The van der Waals surface area contributed by atoms with Crippen LogP contribution in [0.25, 0.3) is 0 Å². The van der Waals surface area contributed by atoms with E-state index in [1.807, 2.05) is 0 Å². The van der Waals surface area contributed by atoms with Gasteiger partial charge < -0.3 is 19.5 Å². The summed E-state index contributed by atoms with van der Waals surface area (Å²) in [5.74, 6) is -2.12. The number of aromatic hydroxyl groups is 1. The van der Waals surface area contributed by atoms with E-state index in [9.17, 15) is 19.1 Å². The molecule has 1 saturated heterocycles. The van der Waals surface area contributed by atoms with Crippen molar-refractivity contribution in [2.24, 2.45) is 0 Å². The Morgan fingerprint density at radius 2 is 2.25 bits per heavy atom. The average molecular weight is 283 g/mol. The van der Waals surface area contributed by atoms with Gasteiger partial charge in [-0.05, 0) is 12.1 Å². The van der Waals surface area contributed by atoms with Crippen LogP contribution < -0.4 is 0 Å². The van der Waals surface area contributed by atoms with Gasteiger partial charge in [-0.15, -0.1) is 0 Å². The molecule has 1 aliphatic rings. The van der Waals surface area contributed by atoms with Gasteiger partial charge >= 0.3 is 5.97 Å². The Bertz CT molecular complexity index is 533. The fourth-order valence-electron chi connectivity index (χ4n) is 1.96. The number of ether oxygens (including phenoxy) is 2. The summed E-state index contributed by atoms with van der Waals surface area (Å²) in [5, 5.41) is 9.60. The molecular formula is C13H14FNO5. The number of hydrogen-bond donors (Lipinski definition) is 1. The summed E-state index contributed by atoms with van der Waals surface area (Å²) in [4.78, 5) is 25.0. The SMILES string of the molecule is COC(=O)C1CN(C(=O)c2ccc(F)cc2O)CCO1. The highest BCUT2D eigenvalue weighted by atomic mass is 19.1. The van der Waals surface area contributed by atoms with Gasteiger partial charge in [-0.2, -0.15) is 0 Å². The minimum Gasteiger partial charge on any atom is -0.507 e. The topological polar surface area (TPSA) is 76.1 Å². The summed E-state index contributed by atoms with van der Waals surface area (Å²) in [6, 6.07) is 3.16. The second-order valence-corrected chi connectivity index (χ2v) is 4.30. The molecule has 0 saturated carbocycles. The van der Waals surface area contributed by atoms with Gasteiger partial charge in [0, 0.05) is 12.6 Å². The first-order valence-electron chi connectivity index (χ1n) is 6.00. The molecule has 0 radical (unpaired) electrons. The number of benzene rings is 1. The quantitative estimate of drug-likeness (QED) is 0.802. The number of carbonyl (C=O) groups is 2. The first-order chi connectivity index (χ1) is 9.52. The summed E-state index contributed by atoms with van der Waals surface area (Å²) in [5.41, 5.74) is -0.0167. The number of hydrogen-bond acceptors (Lipinski definition) is 5. The van der Waals surface area contributed by atoms with Crippen molar-refractivity contribution in [3.05, 3.63) is 29.6 Å². The standard InChI is InChI=1S/C13H14FNO5/c1-19-13(18)11-7-15(4-5-20-11)12(17)9-3-2-8(14)6-10(9)16/h2-3,6,11,16H,4-5,7H2,1H3. The molecule has 20 heavy (non-hydrogen) atoms. The molecule has 1 aromatic rings. The Labute approximate surface area is 114 Å². The number of halogens is 1. The molecule has 6 nitrogen and oxygen atoms in total. The lowest BCUT2D eigenvalue weighted by Crippen LogP contribution is -2.48. The lowest BCUT2D eigenvalue weighted by atomic mass is 10.1. The first kappa shape index (κ1) is 14.3. The molecule has 1 unspecified atom stereocenters. The third-order valence-corrected chi connectivity index (χ3v) is 3.01. The zero-order chi connectivity index (χ0) is 14.7. The first-order valence-corrected chi connectivity index (χ1v) is 6.00. The van der Waals surface area contributed by atoms with E-state index in [4.69, 9.17) is 4.74 Å². The Kier molecular flexibility index (Phi) is 4.19. The summed E-state index contributed by atoms with van der Waals surface area (Å²) >= 11 is 0. The van der Waals surface area contributed by atoms with E-state index >= 15 is 0 Å². The van der Waals surface area contributed by atoms with E-state index < -0.39 is 29.5 Å². The molecule has 2 rings (SSSR count). The predicted molar refractivity (Wildman–Crippen MR) is 65.7 cm³/mol. The summed E-state index contributed by atoms with van der Waals surface area (Å²) in [6.45, 7) is 0.499. The summed E-state index contributed by atoms with van der Waals surface area (Å²) in [7, 11) is 1.23. The average Bonchev–Trinajstić information content (AvgIpc) is 2.46. The smallest absolute Gasteiger partial charge is 0.336 e. The highest BCUT2D eigenvalue weighted by Gasteiger charge is 2.31. The number of rotatable bonds is 2. The third kappa shape index (κ3) is 2.88. The molecule has 0 aliphatic carbocycles. The monoisotopic (exact) mass is 283 g/mol. The molecule has 1 amide bonds. The van der Waals surface area contributed by atoms with Gasteiger partial charge in [0.05, 0.1) is 25.8 Å². The molecule has 1 aliphatic heterocycles. The second-order valence-electron chi connectivity index (χ2n) is 4.30. The van der Waals surface area contributed by atoms with Crippen LogP contribution in [0.5, 0.6) is 5.75 Å². The van der Waals surface area contributed by atoms with E-state index in [1.165, 1.54) is 18.1 Å². The lowest BCUT2D eigenvalue weighted by Gasteiger charge is -2.31. The molecule has 1 heterocycles. The number of phenolic OH excluding ortho intramolecular Hbond substituents is 1. The van der Waals surface area contributed by atoms with E-state index in [1.54, 1.807) is 0 Å². The summed E-state index contributed by atoms with van der Waals surface area (Å²) < 4.78 is 22.7. The zero-order valence-electron chi connectivity index (χ0n) is 10.8. The number of esters is 1. The van der Waals surface area contributed by atoms with Crippen molar-refractivity contribution in [1.29, 1.82) is 0 Å². The van der Waals surface area contributed by atoms with Gasteiger partial charge in [-0.1, -0.05) is 0 Å². The molecule has 1 fully saturated rings. The second kappa shape index (κ2) is 5.87.